The Balaban J connectivity index is 1.76. The van der Waals surface area contributed by atoms with Crippen LogP contribution in [0.3, 0.4) is 0 Å². The number of ether oxygens (including phenoxy) is 1. The molecule has 0 spiro atoms. The number of nitrogens with zero attached hydrogens (tertiary/aromatic N) is 4. The Bertz CT molecular complexity index is 1020. The van der Waals surface area contributed by atoms with E-state index in [2.05, 4.69) is 31.4 Å². The van der Waals surface area contributed by atoms with Crippen molar-refractivity contribution < 1.29 is 14.3 Å². The summed E-state index contributed by atoms with van der Waals surface area (Å²) in [5.74, 6) is -0.884. The van der Waals surface area contributed by atoms with Crippen LogP contribution >= 0.6 is 27.3 Å². The van der Waals surface area contributed by atoms with Crippen LogP contribution in [-0.2, 0) is 11.4 Å². The van der Waals surface area contributed by atoms with E-state index in [1.807, 2.05) is 20.8 Å². The monoisotopic (exact) mass is 451 g/mol. The summed E-state index contributed by atoms with van der Waals surface area (Å²) < 4.78 is 9.13. The lowest BCUT2D eigenvalue weighted by Gasteiger charge is -2.05. The highest BCUT2D eigenvalue weighted by molar-refractivity contribution is 9.10. The zero-order chi connectivity index (χ0) is 19.7. The number of hydrogen-bond donors (Lipinski definition) is 1. The van der Waals surface area contributed by atoms with Crippen molar-refractivity contribution in [3.8, 4) is 0 Å². The van der Waals surface area contributed by atoms with Gasteiger partial charge < -0.3 is 10.1 Å². The minimum Gasteiger partial charge on any atom is -0.465 e. The Hall–Kier alpha value is -2.46. The van der Waals surface area contributed by atoms with Crippen molar-refractivity contribution in [1.82, 2.24) is 19.6 Å². The Labute approximate surface area is 168 Å². The van der Waals surface area contributed by atoms with Crippen LogP contribution in [0.2, 0.25) is 0 Å². The van der Waals surface area contributed by atoms with Gasteiger partial charge in [-0.25, -0.2) is 9.48 Å². The molecule has 0 atom stereocenters. The van der Waals surface area contributed by atoms with E-state index in [0.717, 1.165) is 20.7 Å². The van der Waals surface area contributed by atoms with Gasteiger partial charge in [-0.1, -0.05) is 0 Å². The summed E-state index contributed by atoms with van der Waals surface area (Å²) in [6.45, 7) is 6.11. The molecule has 0 aliphatic carbocycles. The highest BCUT2D eigenvalue weighted by Gasteiger charge is 2.19. The number of carbonyl (C=O) groups is 2. The first-order chi connectivity index (χ1) is 12.8. The summed E-state index contributed by atoms with van der Waals surface area (Å²) in [4.78, 5) is 25.2. The number of thiophene rings is 1. The van der Waals surface area contributed by atoms with Crippen LogP contribution in [0.1, 0.15) is 37.1 Å². The summed E-state index contributed by atoms with van der Waals surface area (Å²) in [7, 11) is 1.31. The van der Waals surface area contributed by atoms with Crippen molar-refractivity contribution in [1.29, 1.82) is 0 Å². The average Bonchev–Trinajstić information content (AvgIpc) is 3.30. The molecule has 0 saturated heterocycles. The summed E-state index contributed by atoms with van der Waals surface area (Å²) in [5, 5.41) is 11.9. The van der Waals surface area contributed by atoms with E-state index in [1.54, 1.807) is 27.7 Å². The van der Waals surface area contributed by atoms with Crippen LogP contribution in [0, 0.1) is 20.8 Å². The van der Waals surface area contributed by atoms with Crippen LogP contribution in [0.25, 0.3) is 0 Å². The van der Waals surface area contributed by atoms with Crippen molar-refractivity contribution >= 4 is 44.1 Å². The van der Waals surface area contributed by atoms with Gasteiger partial charge >= 0.3 is 5.97 Å². The van der Waals surface area contributed by atoms with Crippen molar-refractivity contribution in [2.45, 2.75) is 27.4 Å². The Kier molecular flexibility index (Phi) is 5.47. The molecular weight excluding hydrogens is 434 g/mol. The normalized spacial score (nSPS) is 10.9. The fraction of sp³-hybridized carbons (Fsp3) is 0.294. The molecule has 0 unspecified atom stereocenters. The number of halogens is 1. The van der Waals surface area contributed by atoms with Gasteiger partial charge in [-0.2, -0.15) is 10.2 Å². The smallest absolute Gasteiger partial charge is 0.340 e. The number of hydrogen-bond acceptors (Lipinski definition) is 6. The zero-order valence-corrected chi connectivity index (χ0v) is 17.6. The lowest BCUT2D eigenvalue weighted by atomic mass is 10.3. The van der Waals surface area contributed by atoms with E-state index in [9.17, 15) is 9.59 Å². The number of methoxy groups -OCH3 is 1. The van der Waals surface area contributed by atoms with E-state index in [4.69, 9.17) is 4.74 Å². The second kappa shape index (κ2) is 7.65. The van der Waals surface area contributed by atoms with Crippen LogP contribution in [-0.4, -0.2) is 38.5 Å². The zero-order valence-electron chi connectivity index (χ0n) is 15.2. The van der Waals surface area contributed by atoms with Gasteiger partial charge in [-0.3, -0.25) is 9.48 Å². The van der Waals surface area contributed by atoms with Gasteiger partial charge in [-0.05, 0) is 48.8 Å². The van der Waals surface area contributed by atoms with Crippen LogP contribution in [0.15, 0.2) is 22.8 Å². The molecule has 10 heteroatoms. The van der Waals surface area contributed by atoms with Gasteiger partial charge in [0.1, 0.15) is 11.7 Å². The van der Waals surface area contributed by atoms with Gasteiger partial charge in [0.2, 0.25) is 0 Å². The number of amides is 1. The summed E-state index contributed by atoms with van der Waals surface area (Å²) in [6.07, 6.45) is 1.71. The van der Waals surface area contributed by atoms with E-state index in [1.165, 1.54) is 18.4 Å². The molecule has 0 aliphatic heterocycles. The van der Waals surface area contributed by atoms with Crippen molar-refractivity contribution in [3.05, 3.63) is 50.3 Å². The van der Waals surface area contributed by atoms with Gasteiger partial charge in [-0.15, -0.1) is 11.3 Å². The lowest BCUT2D eigenvalue weighted by Crippen LogP contribution is -2.16. The summed E-state index contributed by atoms with van der Waals surface area (Å²) in [6, 6.07) is 3.31. The number of anilines is 1. The molecule has 0 fully saturated rings. The highest BCUT2D eigenvalue weighted by Crippen LogP contribution is 2.28. The Morgan fingerprint density at radius 2 is 2.04 bits per heavy atom. The standard InChI is InChI=1S/C17H18BrN5O3S/c1-9-7-12(17(25)26-4)16(27-9)19-15(24)13-5-6-22(21-13)8-23-11(3)14(18)10(2)20-23/h5-7H,8H2,1-4H3,(H,19,24). The maximum absolute atomic E-state index is 12.5. The summed E-state index contributed by atoms with van der Waals surface area (Å²) in [5.41, 5.74) is 2.45. The molecule has 1 N–H and O–H groups in total. The van der Waals surface area contributed by atoms with Crippen molar-refractivity contribution in [3.63, 3.8) is 0 Å². The summed E-state index contributed by atoms with van der Waals surface area (Å²) >= 11 is 4.80. The molecule has 3 aromatic rings. The topological polar surface area (TPSA) is 91.0 Å². The number of rotatable bonds is 5. The lowest BCUT2D eigenvalue weighted by molar-refractivity contribution is 0.0602. The Morgan fingerprint density at radius 3 is 2.67 bits per heavy atom. The predicted molar refractivity (Wildman–Crippen MR) is 105 cm³/mol. The van der Waals surface area contributed by atoms with Crippen LogP contribution < -0.4 is 5.32 Å². The number of esters is 1. The molecule has 3 rings (SSSR count). The maximum atomic E-state index is 12.5. The fourth-order valence-electron chi connectivity index (χ4n) is 2.55. The molecule has 0 aliphatic rings. The van der Waals surface area contributed by atoms with Crippen molar-refractivity contribution in [2.24, 2.45) is 0 Å². The second-order valence-electron chi connectivity index (χ2n) is 5.91. The maximum Gasteiger partial charge on any atom is 0.340 e. The molecule has 0 bridgehead atoms. The number of carbonyl (C=O) groups excluding carboxylic acids is 2. The van der Waals surface area contributed by atoms with Crippen molar-refractivity contribution in [2.75, 3.05) is 12.4 Å². The third-order valence-electron chi connectivity index (χ3n) is 3.93. The first kappa shape index (κ1) is 19.3. The van der Waals surface area contributed by atoms with Gasteiger partial charge in [0, 0.05) is 11.1 Å². The fourth-order valence-corrected chi connectivity index (χ4v) is 3.73. The molecule has 3 aromatic heterocycles. The van der Waals surface area contributed by atoms with Gasteiger partial charge in [0.25, 0.3) is 5.91 Å². The van der Waals surface area contributed by atoms with E-state index in [0.29, 0.717) is 17.2 Å². The quantitative estimate of drug-likeness (QED) is 0.600. The molecule has 0 aromatic carbocycles. The number of nitrogens with one attached hydrogen (secondary N) is 1. The van der Waals surface area contributed by atoms with Gasteiger partial charge in [0.05, 0.1) is 28.5 Å². The molecule has 142 valence electrons. The minimum atomic E-state index is -0.490. The highest BCUT2D eigenvalue weighted by atomic mass is 79.9. The molecular formula is C17H18BrN5O3S. The molecule has 1 amide bonds. The average molecular weight is 452 g/mol. The van der Waals surface area contributed by atoms with Crippen LogP contribution in [0.5, 0.6) is 0 Å². The number of aromatic nitrogens is 4. The van der Waals surface area contributed by atoms with E-state index in [-0.39, 0.29) is 5.69 Å². The van der Waals surface area contributed by atoms with Gasteiger partial charge in [0.15, 0.2) is 5.69 Å². The van der Waals surface area contributed by atoms with E-state index < -0.39 is 11.9 Å². The predicted octanol–water partition coefficient (Wildman–Crippen LogP) is 3.37. The van der Waals surface area contributed by atoms with E-state index >= 15 is 0 Å². The third kappa shape index (κ3) is 3.96. The minimum absolute atomic E-state index is 0.248. The SMILES string of the molecule is COC(=O)c1cc(C)sc1NC(=O)c1ccn(Cn2nc(C)c(Br)c2C)n1. The third-order valence-corrected chi connectivity index (χ3v) is 6.05. The molecule has 0 saturated carbocycles. The molecule has 8 nitrogen and oxygen atoms in total. The molecule has 27 heavy (non-hydrogen) atoms. The molecule has 3 heterocycles. The Morgan fingerprint density at radius 1 is 1.30 bits per heavy atom. The first-order valence-corrected chi connectivity index (χ1v) is 9.64. The van der Waals surface area contributed by atoms with Crippen LogP contribution in [0.4, 0.5) is 5.00 Å². The largest absolute Gasteiger partial charge is 0.465 e. The first-order valence-electron chi connectivity index (χ1n) is 8.03. The number of aryl methyl sites for hydroxylation is 2. The molecule has 0 radical (unpaired) electrons. The second-order valence-corrected chi connectivity index (χ2v) is 7.96.